The third-order valence-corrected chi connectivity index (χ3v) is 7.25. The molecule has 40 heavy (non-hydrogen) atoms. The number of aromatic nitrogens is 3. The normalized spacial score (nSPS) is 10.9. The molecule has 0 fully saturated rings. The Kier molecular flexibility index (Phi) is 8.26. The number of ketones is 1. The first kappa shape index (κ1) is 27.1. The van der Waals surface area contributed by atoms with Crippen LogP contribution in [0, 0.1) is 0 Å². The number of carbonyl (C=O) groups is 1. The van der Waals surface area contributed by atoms with Crippen LogP contribution in [0.15, 0.2) is 102 Å². The maximum atomic E-state index is 12.7. The van der Waals surface area contributed by atoms with Gasteiger partial charge < -0.3 is 15.2 Å². The molecule has 2 heterocycles. The number of benzene rings is 3. The van der Waals surface area contributed by atoms with Gasteiger partial charge in [0.2, 0.25) is 0 Å². The number of hydrogen-bond donors (Lipinski definition) is 2. The number of carbonyl (C=O) groups excluding carboxylic acids is 1. The van der Waals surface area contributed by atoms with E-state index in [0.29, 0.717) is 48.3 Å². The van der Waals surface area contributed by atoms with Crippen LogP contribution >= 0.6 is 15.9 Å². The van der Waals surface area contributed by atoms with Crippen molar-refractivity contribution in [3.05, 3.63) is 118 Å². The van der Waals surface area contributed by atoms with Gasteiger partial charge in [0.1, 0.15) is 17.3 Å². The molecule has 0 saturated carbocycles. The number of phenolic OH excluding ortho intramolecular Hbond substituents is 1. The van der Waals surface area contributed by atoms with Gasteiger partial charge >= 0.3 is 0 Å². The molecule has 0 saturated heterocycles. The summed E-state index contributed by atoms with van der Waals surface area (Å²) in [6, 6.07) is 24.9. The van der Waals surface area contributed by atoms with E-state index in [0.717, 1.165) is 32.7 Å². The van der Waals surface area contributed by atoms with E-state index < -0.39 is 0 Å². The van der Waals surface area contributed by atoms with E-state index in [9.17, 15) is 9.90 Å². The van der Waals surface area contributed by atoms with E-state index in [1.165, 1.54) is 0 Å². The van der Waals surface area contributed by atoms with Gasteiger partial charge in [-0.05, 0) is 68.9 Å². The topological polar surface area (TPSA) is 88.8 Å². The van der Waals surface area contributed by atoms with Gasteiger partial charge in [-0.15, -0.1) is 0 Å². The summed E-state index contributed by atoms with van der Waals surface area (Å²) >= 11 is 3.51. The molecular weight excluding hydrogens is 568 g/mol. The molecule has 0 atom stereocenters. The fraction of sp³-hybridized carbons (Fsp3) is 0.156. The molecule has 2 aromatic heterocycles. The summed E-state index contributed by atoms with van der Waals surface area (Å²) in [4.78, 5) is 17.4. The SMILES string of the molecule is C=C(Cc1ccc(CNc2cc(-c3ccccc3O)nc3c(Br)cnn23)cc1)C(=O)CCc1cccc(OC)c1. The number of ether oxygens (including phenoxy) is 1. The van der Waals surface area contributed by atoms with Crippen LogP contribution in [0.5, 0.6) is 11.5 Å². The molecule has 202 valence electrons. The van der Waals surface area contributed by atoms with Gasteiger partial charge in [-0.25, -0.2) is 4.98 Å². The average Bonchev–Trinajstić information content (AvgIpc) is 3.36. The first-order chi connectivity index (χ1) is 19.4. The largest absolute Gasteiger partial charge is 0.507 e. The summed E-state index contributed by atoms with van der Waals surface area (Å²) in [6.45, 7) is 4.59. The van der Waals surface area contributed by atoms with Gasteiger partial charge in [-0.2, -0.15) is 9.61 Å². The first-order valence-corrected chi connectivity index (χ1v) is 13.7. The lowest BCUT2D eigenvalue weighted by atomic mass is 9.98. The number of methoxy groups -OCH3 is 1. The van der Waals surface area contributed by atoms with Gasteiger partial charge in [-0.1, -0.05) is 55.1 Å². The second kappa shape index (κ2) is 12.2. The number of nitrogens with one attached hydrogen (secondary N) is 1. The summed E-state index contributed by atoms with van der Waals surface area (Å²) in [5.41, 5.74) is 5.70. The summed E-state index contributed by atoms with van der Waals surface area (Å²) in [5.74, 6) is 1.77. The zero-order chi connectivity index (χ0) is 28.1. The summed E-state index contributed by atoms with van der Waals surface area (Å²) < 4.78 is 7.75. The minimum absolute atomic E-state index is 0.0703. The molecule has 0 unspecified atom stereocenters. The third kappa shape index (κ3) is 6.24. The van der Waals surface area contributed by atoms with Crippen LogP contribution < -0.4 is 10.1 Å². The van der Waals surface area contributed by atoms with E-state index in [2.05, 4.69) is 37.9 Å². The number of para-hydroxylation sites is 1. The van der Waals surface area contributed by atoms with E-state index in [1.807, 2.05) is 66.7 Å². The second-order valence-corrected chi connectivity index (χ2v) is 10.4. The Morgan fingerprint density at radius 2 is 1.80 bits per heavy atom. The highest BCUT2D eigenvalue weighted by atomic mass is 79.9. The molecule has 0 aliphatic rings. The van der Waals surface area contributed by atoms with Crippen LogP contribution in [-0.2, 0) is 24.2 Å². The maximum Gasteiger partial charge on any atom is 0.172 e. The number of Topliss-reactive ketones (excluding diaryl/α,β-unsaturated/α-hetero) is 1. The zero-order valence-electron chi connectivity index (χ0n) is 22.1. The number of allylic oxidation sites excluding steroid dienone is 1. The third-order valence-electron chi connectivity index (χ3n) is 6.69. The number of aromatic hydroxyl groups is 1. The Morgan fingerprint density at radius 3 is 2.58 bits per heavy atom. The lowest BCUT2D eigenvalue weighted by Crippen LogP contribution is -2.07. The van der Waals surface area contributed by atoms with Crippen LogP contribution in [0.25, 0.3) is 16.9 Å². The highest BCUT2D eigenvalue weighted by Crippen LogP contribution is 2.31. The Balaban J connectivity index is 1.22. The standard InChI is InChI=1S/C32H29BrN4O3/c1-21(29(38)15-14-22-6-5-7-25(17-22)40-2)16-23-10-12-24(13-11-23)19-34-31-18-28(26-8-3-4-9-30(26)39)36-32-27(33)20-35-37(31)32/h3-13,17-18,20,34,39H,1,14-16,19H2,2H3. The average molecular weight is 598 g/mol. The zero-order valence-corrected chi connectivity index (χ0v) is 23.7. The van der Waals surface area contributed by atoms with Crippen molar-refractivity contribution in [3.8, 4) is 22.8 Å². The molecule has 0 spiro atoms. The predicted molar refractivity (Wildman–Crippen MR) is 161 cm³/mol. The highest BCUT2D eigenvalue weighted by molar-refractivity contribution is 9.10. The Bertz CT molecular complexity index is 1680. The number of phenols is 1. The molecule has 0 radical (unpaired) electrons. The highest BCUT2D eigenvalue weighted by Gasteiger charge is 2.14. The number of anilines is 1. The fourth-order valence-electron chi connectivity index (χ4n) is 4.47. The van der Waals surface area contributed by atoms with E-state index in [1.54, 1.807) is 30.0 Å². The molecule has 8 heteroatoms. The van der Waals surface area contributed by atoms with Crippen LogP contribution in [0.2, 0.25) is 0 Å². The van der Waals surface area contributed by atoms with Crippen LogP contribution in [0.4, 0.5) is 5.82 Å². The number of hydrogen-bond acceptors (Lipinski definition) is 6. The van der Waals surface area contributed by atoms with E-state index in [4.69, 9.17) is 4.74 Å². The molecule has 0 aliphatic carbocycles. The van der Waals surface area contributed by atoms with Gasteiger partial charge in [-0.3, -0.25) is 4.79 Å². The van der Waals surface area contributed by atoms with Gasteiger partial charge in [0, 0.05) is 31.0 Å². The Morgan fingerprint density at radius 1 is 1.02 bits per heavy atom. The van der Waals surface area contributed by atoms with Crippen molar-refractivity contribution in [1.82, 2.24) is 14.6 Å². The predicted octanol–water partition coefficient (Wildman–Crippen LogP) is 6.79. The quantitative estimate of drug-likeness (QED) is 0.163. The van der Waals surface area contributed by atoms with Gasteiger partial charge in [0.25, 0.3) is 0 Å². The molecule has 2 N–H and O–H groups in total. The number of rotatable bonds is 11. The van der Waals surface area contributed by atoms with Gasteiger partial charge in [0.05, 0.1) is 23.5 Å². The lowest BCUT2D eigenvalue weighted by molar-refractivity contribution is -0.115. The van der Waals surface area contributed by atoms with E-state index >= 15 is 0 Å². The molecule has 7 nitrogen and oxygen atoms in total. The van der Waals surface area contributed by atoms with Crippen LogP contribution in [0.1, 0.15) is 23.1 Å². The summed E-state index contributed by atoms with van der Waals surface area (Å²) in [7, 11) is 1.64. The molecular formula is C32H29BrN4O3. The smallest absolute Gasteiger partial charge is 0.172 e. The maximum absolute atomic E-state index is 12.7. The molecule has 0 amide bonds. The monoisotopic (exact) mass is 596 g/mol. The van der Waals surface area contributed by atoms with Crippen LogP contribution in [-0.4, -0.2) is 32.6 Å². The minimum atomic E-state index is 0.0703. The number of aryl methyl sites for hydroxylation is 1. The Labute approximate surface area is 241 Å². The first-order valence-electron chi connectivity index (χ1n) is 12.9. The van der Waals surface area contributed by atoms with Gasteiger partial charge in [0.15, 0.2) is 11.4 Å². The van der Waals surface area contributed by atoms with Crippen LogP contribution in [0.3, 0.4) is 0 Å². The van der Waals surface area contributed by atoms with Crippen molar-refractivity contribution in [2.75, 3.05) is 12.4 Å². The Hall–Kier alpha value is -4.43. The van der Waals surface area contributed by atoms with E-state index in [-0.39, 0.29) is 11.5 Å². The van der Waals surface area contributed by atoms with Crippen molar-refractivity contribution < 1.29 is 14.6 Å². The number of nitrogens with zero attached hydrogens (tertiary/aromatic N) is 3. The van der Waals surface area contributed by atoms with Crippen molar-refractivity contribution in [1.29, 1.82) is 0 Å². The fourth-order valence-corrected chi connectivity index (χ4v) is 4.81. The molecule has 0 bridgehead atoms. The number of halogens is 1. The second-order valence-electron chi connectivity index (χ2n) is 9.50. The van der Waals surface area contributed by atoms with Crippen molar-refractivity contribution >= 4 is 33.2 Å². The minimum Gasteiger partial charge on any atom is -0.507 e. The number of fused-ring (bicyclic) bond motifs is 1. The van der Waals surface area contributed by atoms with Crippen molar-refractivity contribution in [2.24, 2.45) is 0 Å². The molecule has 3 aromatic carbocycles. The summed E-state index contributed by atoms with van der Waals surface area (Å²) in [5, 5.41) is 18.2. The lowest BCUT2D eigenvalue weighted by Gasteiger charge is -2.12. The van der Waals surface area contributed by atoms with Crippen molar-refractivity contribution in [2.45, 2.75) is 25.8 Å². The molecule has 5 rings (SSSR count). The van der Waals surface area contributed by atoms with Crippen molar-refractivity contribution in [3.63, 3.8) is 0 Å². The summed E-state index contributed by atoms with van der Waals surface area (Å²) in [6.07, 6.45) is 3.28. The molecule has 0 aliphatic heterocycles. The molecule has 5 aromatic rings.